The fourth-order valence-corrected chi connectivity index (χ4v) is 2.11. The maximum absolute atomic E-state index is 8.84. The van der Waals surface area contributed by atoms with E-state index in [0.717, 1.165) is 21.3 Å². The van der Waals surface area contributed by atoms with Gasteiger partial charge in [-0.3, -0.25) is 0 Å². The molecule has 0 radical (unpaired) electrons. The van der Waals surface area contributed by atoms with E-state index in [2.05, 4.69) is 4.98 Å². The number of nitriles is 2. The summed E-state index contributed by atoms with van der Waals surface area (Å²) in [6.07, 6.45) is 1.97. The minimum atomic E-state index is 0.0437. The summed E-state index contributed by atoms with van der Waals surface area (Å²) in [6, 6.07) is 15.4. The van der Waals surface area contributed by atoms with Gasteiger partial charge in [-0.05, 0) is 28.6 Å². The molecule has 1 aliphatic rings. The fraction of sp³-hybridized carbons (Fsp3) is 0. The molecule has 0 N–H and O–H groups in total. The molecule has 0 spiro atoms. The Labute approximate surface area is 103 Å². The molecule has 1 heterocycles. The smallest absolute Gasteiger partial charge is 0.155 e. The monoisotopic (exact) mass is 229 g/mol. The third-order valence-electron chi connectivity index (χ3n) is 2.95. The van der Waals surface area contributed by atoms with Gasteiger partial charge in [0.05, 0.1) is 11.0 Å². The van der Waals surface area contributed by atoms with E-state index >= 15 is 0 Å². The zero-order chi connectivity index (χ0) is 12.5. The quantitative estimate of drug-likeness (QED) is 0.570. The van der Waals surface area contributed by atoms with Gasteiger partial charge < -0.3 is 0 Å². The molecule has 0 bridgehead atoms. The Morgan fingerprint density at radius 2 is 1.72 bits per heavy atom. The van der Waals surface area contributed by atoms with Crippen molar-refractivity contribution in [2.75, 3.05) is 0 Å². The van der Waals surface area contributed by atoms with E-state index < -0.39 is 0 Å². The SMILES string of the molecule is N#CC(C#N)=c1ccc2c(n1)C=c1ccccc1=2. The van der Waals surface area contributed by atoms with E-state index in [1.807, 2.05) is 48.5 Å². The van der Waals surface area contributed by atoms with E-state index in [9.17, 15) is 0 Å². The minimum Gasteiger partial charge on any atom is -0.246 e. The van der Waals surface area contributed by atoms with Crippen LogP contribution in [-0.4, -0.2) is 4.98 Å². The molecule has 0 atom stereocenters. The van der Waals surface area contributed by atoms with Gasteiger partial charge in [0.2, 0.25) is 0 Å². The summed E-state index contributed by atoms with van der Waals surface area (Å²) >= 11 is 0. The van der Waals surface area contributed by atoms with Gasteiger partial charge in [-0.15, -0.1) is 0 Å². The number of rotatable bonds is 0. The van der Waals surface area contributed by atoms with Crippen molar-refractivity contribution in [3.8, 4) is 12.1 Å². The van der Waals surface area contributed by atoms with E-state index in [1.54, 1.807) is 6.07 Å². The summed E-state index contributed by atoms with van der Waals surface area (Å²) in [5.41, 5.74) is 0.860. The topological polar surface area (TPSA) is 60.5 Å². The maximum Gasteiger partial charge on any atom is 0.155 e. The van der Waals surface area contributed by atoms with Crippen LogP contribution in [0.15, 0.2) is 36.4 Å². The van der Waals surface area contributed by atoms with Gasteiger partial charge in [-0.1, -0.05) is 24.3 Å². The average molecular weight is 229 g/mol. The first-order chi connectivity index (χ1) is 8.83. The Morgan fingerprint density at radius 1 is 0.944 bits per heavy atom. The molecule has 0 saturated carbocycles. The molecule has 1 aliphatic carbocycles. The van der Waals surface area contributed by atoms with Crippen LogP contribution in [0.25, 0.3) is 11.6 Å². The van der Waals surface area contributed by atoms with Gasteiger partial charge in [0.25, 0.3) is 0 Å². The number of hydrogen-bond acceptors (Lipinski definition) is 3. The van der Waals surface area contributed by atoms with Crippen molar-refractivity contribution in [3.05, 3.63) is 63.1 Å². The Hall–Kier alpha value is -2.91. The normalized spacial score (nSPS) is 10.6. The van der Waals surface area contributed by atoms with Crippen molar-refractivity contribution in [2.24, 2.45) is 0 Å². The Kier molecular flexibility index (Phi) is 2.19. The Morgan fingerprint density at radius 3 is 2.50 bits per heavy atom. The largest absolute Gasteiger partial charge is 0.246 e. The summed E-state index contributed by atoms with van der Waals surface area (Å²) in [5.74, 6) is 0. The highest BCUT2D eigenvalue weighted by atomic mass is 14.7. The first-order valence-electron chi connectivity index (χ1n) is 5.46. The highest BCUT2D eigenvalue weighted by molar-refractivity contribution is 5.71. The third-order valence-corrected chi connectivity index (χ3v) is 2.95. The maximum atomic E-state index is 8.84. The predicted octanol–water partition coefficient (Wildman–Crippen LogP) is 0.709. The molecule has 0 aliphatic heterocycles. The molecule has 2 aromatic rings. The van der Waals surface area contributed by atoms with E-state index in [-0.39, 0.29) is 5.57 Å². The lowest BCUT2D eigenvalue weighted by molar-refractivity contribution is 1.20. The van der Waals surface area contributed by atoms with Crippen LogP contribution in [0.5, 0.6) is 0 Å². The first-order valence-corrected chi connectivity index (χ1v) is 5.46. The molecular formula is C15H7N3. The first kappa shape index (κ1) is 10.3. The fourth-order valence-electron chi connectivity index (χ4n) is 2.11. The van der Waals surface area contributed by atoms with Crippen LogP contribution in [0.2, 0.25) is 0 Å². The number of benzene rings is 1. The standard InChI is InChI=1S/C15H7N3/c16-8-11(9-17)14-6-5-13-12-4-2-1-3-10(12)7-15(13)18-14/h1-7H. The van der Waals surface area contributed by atoms with Crippen molar-refractivity contribution < 1.29 is 0 Å². The molecule has 3 nitrogen and oxygen atoms in total. The number of nitrogens with zero attached hydrogens (tertiary/aromatic N) is 3. The summed E-state index contributed by atoms with van der Waals surface area (Å²) in [4.78, 5) is 4.37. The molecule has 0 unspecified atom stereocenters. The number of aromatic nitrogens is 1. The third kappa shape index (κ3) is 1.39. The van der Waals surface area contributed by atoms with Crippen LogP contribution < -0.4 is 10.6 Å². The van der Waals surface area contributed by atoms with Crippen molar-refractivity contribution in [1.82, 2.24) is 4.98 Å². The molecule has 1 aromatic carbocycles. The van der Waals surface area contributed by atoms with Crippen molar-refractivity contribution in [2.45, 2.75) is 0 Å². The molecule has 0 amide bonds. The second-order valence-electron chi connectivity index (χ2n) is 3.96. The second-order valence-corrected chi connectivity index (χ2v) is 3.96. The van der Waals surface area contributed by atoms with E-state index in [4.69, 9.17) is 10.5 Å². The van der Waals surface area contributed by atoms with Crippen LogP contribution in [0.4, 0.5) is 0 Å². The lowest BCUT2D eigenvalue weighted by Gasteiger charge is -1.91. The van der Waals surface area contributed by atoms with Crippen LogP contribution >= 0.6 is 0 Å². The molecule has 1 aromatic heterocycles. The van der Waals surface area contributed by atoms with Gasteiger partial charge in [-0.25, -0.2) is 4.98 Å². The second kappa shape index (κ2) is 3.84. The van der Waals surface area contributed by atoms with Crippen molar-refractivity contribution in [1.29, 1.82) is 10.5 Å². The molecule has 18 heavy (non-hydrogen) atoms. The Balaban J connectivity index is 2.47. The van der Waals surface area contributed by atoms with Crippen molar-refractivity contribution in [3.63, 3.8) is 0 Å². The van der Waals surface area contributed by atoms with Crippen molar-refractivity contribution >= 4 is 11.6 Å². The molecule has 0 fully saturated rings. The molecule has 3 rings (SSSR count). The van der Waals surface area contributed by atoms with Gasteiger partial charge in [-0.2, -0.15) is 10.5 Å². The number of hydrogen-bond donors (Lipinski definition) is 0. The van der Waals surface area contributed by atoms with Gasteiger partial charge in [0.1, 0.15) is 12.1 Å². The lowest BCUT2D eigenvalue weighted by Crippen LogP contribution is -2.10. The summed E-state index contributed by atoms with van der Waals surface area (Å²) in [6.45, 7) is 0. The molecular weight excluding hydrogens is 222 g/mol. The van der Waals surface area contributed by atoms with Gasteiger partial charge in [0.15, 0.2) is 5.57 Å². The van der Waals surface area contributed by atoms with Gasteiger partial charge in [0, 0.05) is 5.22 Å². The van der Waals surface area contributed by atoms with Crippen LogP contribution in [0, 0.1) is 33.1 Å². The number of fused-ring (bicyclic) bond motifs is 2. The van der Waals surface area contributed by atoms with Crippen LogP contribution in [0.1, 0.15) is 5.69 Å². The van der Waals surface area contributed by atoms with Crippen LogP contribution in [0.3, 0.4) is 0 Å². The molecule has 82 valence electrons. The minimum absolute atomic E-state index is 0.0437. The van der Waals surface area contributed by atoms with E-state index in [1.165, 1.54) is 0 Å². The summed E-state index contributed by atoms with van der Waals surface area (Å²) in [5, 5.41) is 21.4. The highest BCUT2D eigenvalue weighted by Crippen LogP contribution is 2.04. The predicted molar refractivity (Wildman–Crippen MR) is 65.8 cm³/mol. The van der Waals surface area contributed by atoms with E-state index in [0.29, 0.717) is 5.35 Å². The molecule has 3 heteroatoms. The highest BCUT2D eigenvalue weighted by Gasteiger charge is 2.04. The number of pyridine rings is 1. The Bertz CT molecular complexity index is 925. The van der Waals surface area contributed by atoms with Gasteiger partial charge >= 0.3 is 0 Å². The zero-order valence-electron chi connectivity index (χ0n) is 9.38. The lowest BCUT2D eigenvalue weighted by atomic mass is 10.2. The summed E-state index contributed by atoms with van der Waals surface area (Å²) in [7, 11) is 0. The molecule has 0 saturated heterocycles. The zero-order valence-corrected chi connectivity index (χ0v) is 9.38. The van der Waals surface area contributed by atoms with Crippen LogP contribution in [-0.2, 0) is 0 Å². The average Bonchev–Trinajstić information content (AvgIpc) is 2.78. The summed E-state index contributed by atoms with van der Waals surface area (Å²) < 4.78 is 0.